The van der Waals surface area contributed by atoms with E-state index in [9.17, 15) is 8.42 Å². The lowest BCUT2D eigenvalue weighted by molar-refractivity contribution is 0.397. The number of rotatable bonds is 6. The molecule has 8 nitrogen and oxygen atoms in total. The number of hydrogen-bond acceptors (Lipinski definition) is 6. The fourth-order valence-corrected chi connectivity index (χ4v) is 3.02. The Hall–Kier alpha value is -2.78. The van der Waals surface area contributed by atoms with Crippen LogP contribution in [0.2, 0.25) is 0 Å². The number of benzene rings is 1. The molecular weight excluding hydrogens is 330 g/mol. The van der Waals surface area contributed by atoms with E-state index in [1.807, 2.05) is 24.3 Å². The highest BCUT2D eigenvalue weighted by Gasteiger charge is 2.14. The monoisotopic (exact) mass is 345 g/mol. The number of ether oxygens (including phenoxy) is 1. The Kier molecular flexibility index (Phi) is 4.54. The van der Waals surface area contributed by atoms with E-state index in [1.165, 1.54) is 31.8 Å². The highest BCUT2D eigenvalue weighted by Crippen LogP contribution is 2.13. The van der Waals surface area contributed by atoms with Crippen LogP contribution in [0.25, 0.3) is 5.69 Å². The van der Waals surface area contributed by atoms with Gasteiger partial charge in [-0.15, -0.1) is 0 Å². The molecule has 24 heavy (non-hydrogen) atoms. The molecule has 3 aromatic rings. The largest absolute Gasteiger partial charge is 0.481 e. The lowest BCUT2D eigenvalue weighted by atomic mass is 10.2. The average Bonchev–Trinajstić information content (AvgIpc) is 3.15. The topological polar surface area (TPSA) is 99.0 Å². The second-order valence-electron chi connectivity index (χ2n) is 4.87. The molecule has 9 heteroatoms. The van der Waals surface area contributed by atoms with Crippen LogP contribution in [-0.4, -0.2) is 35.3 Å². The predicted molar refractivity (Wildman–Crippen MR) is 86.2 cm³/mol. The number of nitrogens with zero attached hydrogens (tertiary/aromatic N) is 4. The van der Waals surface area contributed by atoms with Crippen LogP contribution in [0.5, 0.6) is 5.88 Å². The van der Waals surface area contributed by atoms with Gasteiger partial charge in [0.25, 0.3) is 0 Å². The van der Waals surface area contributed by atoms with Crippen LogP contribution in [0.4, 0.5) is 0 Å². The fraction of sp³-hybridized carbons (Fsp3) is 0.133. The molecule has 0 fully saturated rings. The van der Waals surface area contributed by atoms with Crippen molar-refractivity contribution in [2.75, 3.05) is 7.11 Å². The van der Waals surface area contributed by atoms with Crippen molar-refractivity contribution < 1.29 is 13.2 Å². The van der Waals surface area contributed by atoms with Gasteiger partial charge < -0.3 is 4.74 Å². The Morgan fingerprint density at radius 1 is 1.25 bits per heavy atom. The van der Waals surface area contributed by atoms with Gasteiger partial charge in [0.15, 0.2) is 0 Å². The molecule has 0 atom stereocenters. The maximum Gasteiger partial charge on any atom is 0.242 e. The first-order chi connectivity index (χ1) is 11.6. The van der Waals surface area contributed by atoms with E-state index in [1.54, 1.807) is 11.0 Å². The number of hydrogen-bond donors (Lipinski definition) is 1. The minimum absolute atomic E-state index is 0.0794. The molecule has 0 saturated heterocycles. The summed E-state index contributed by atoms with van der Waals surface area (Å²) in [5.41, 5.74) is 1.60. The van der Waals surface area contributed by atoms with Gasteiger partial charge in [-0.1, -0.05) is 12.1 Å². The maximum atomic E-state index is 12.3. The summed E-state index contributed by atoms with van der Waals surface area (Å²) in [5, 5.41) is 4.05. The van der Waals surface area contributed by atoms with Gasteiger partial charge in [-0.3, -0.25) is 0 Å². The second-order valence-corrected chi connectivity index (χ2v) is 6.64. The first-order valence-electron chi connectivity index (χ1n) is 7.02. The summed E-state index contributed by atoms with van der Waals surface area (Å²) < 4.78 is 33.7. The van der Waals surface area contributed by atoms with Crippen LogP contribution in [0.1, 0.15) is 5.56 Å². The van der Waals surface area contributed by atoms with E-state index in [0.29, 0.717) is 5.88 Å². The zero-order chi connectivity index (χ0) is 17.0. The standard InChI is InChI=1S/C15H15N5O3S/c1-23-15-6-5-14(9-17-15)24(21,22)19-8-12-3-2-4-13(7-12)20-11-16-10-18-20/h2-7,9-11,19H,8H2,1H3. The fourth-order valence-electron chi connectivity index (χ4n) is 2.06. The molecule has 3 rings (SSSR count). The zero-order valence-corrected chi connectivity index (χ0v) is 13.6. The van der Waals surface area contributed by atoms with Crippen molar-refractivity contribution in [3.8, 4) is 11.6 Å². The van der Waals surface area contributed by atoms with Crippen molar-refractivity contribution in [1.82, 2.24) is 24.5 Å². The summed E-state index contributed by atoms with van der Waals surface area (Å²) in [6.07, 6.45) is 4.27. The van der Waals surface area contributed by atoms with Crippen molar-refractivity contribution in [2.45, 2.75) is 11.4 Å². The Morgan fingerprint density at radius 3 is 2.79 bits per heavy atom. The molecule has 2 heterocycles. The summed E-state index contributed by atoms with van der Waals surface area (Å²) in [4.78, 5) is 7.88. The molecular formula is C15H15N5O3S. The van der Waals surface area contributed by atoms with E-state index >= 15 is 0 Å². The lowest BCUT2D eigenvalue weighted by Crippen LogP contribution is -2.23. The summed E-state index contributed by atoms with van der Waals surface area (Å²) in [7, 11) is -2.18. The lowest BCUT2D eigenvalue weighted by Gasteiger charge is -2.08. The van der Waals surface area contributed by atoms with Gasteiger partial charge in [-0.05, 0) is 23.8 Å². The van der Waals surface area contributed by atoms with Crippen LogP contribution in [0, 0.1) is 0 Å². The molecule has 0 aliphatic rings. The summed E-state index contributed by atoms with van der Waals surface area (Å²) in [6, 6.07) is 10.3. The van der Waals surface area contributed by atoms with Gasteiger partial charge >= 0.3 is 0 Å². The summed E-state index contributed by atoms with van der Waals surface area (Å²) in [5.74, 6) is 0.356. The minimum Gasteiger partial charge on any atom is -0.481 e. The number of sulfonamides is 1. The molecule has 124 valence electrons. The smallest absolute Gasteiger partial charge is 0.242 e. The van der Waals surface area contributed by atoms with Gasteiger partial charge in [0.05, 0.1) is 19.0 Å². The first kappa shape index (κ1) is 16.1. The molecule has 2 aromatic heterocycles. The Balaban J connectivity index is 1.73. The van der Waals surface area contributed by atoms with Gasteiger partial charge in [0, 0.05) is 12.6 Å². The molecule has 1 aromatic carbocycles. The molecule has 0 amide bonds. The molecule has 1 N–H and O–H groups in total. The third-order valence-electron chi connectivity index (χ3n) is 3.29. The van der Waals surface area contributed by atoms with Crippen molar-refractivity contribution in [1.29, 1.82) is 0 Å². The predicted octanol–water partition coefficient (Wildman–Crippen LogP) is 1.15. The zero-order valence-electron chi connectivity index (χ0n) is 12.8. The van der Waals surface area contributed by atoms with Crippen LogP contribution in [-0.2, 0) is 16.6 Å². The summed E-state index contributed by atoms with van der Waals surface area (Å²) >= 11 is 0. The first-order valence-corrected chi connectivity index (χ1v) is 8.50. The van der Waals surface area contributed by atoms with Crippen LogP contribution in [0.15, 0.2) is 60.1 Å². The van der Waals surface area contributed by atoms with E-state index in [2.05, 4.69) is 19.8 Å². The average molecular weight is 345 g/mol. The molecule has 0 aliphatic carbocycles. The number of aromatic nitrogens is 4. The van der Waals surface area contributed by atoms with Gasteiger partial charge in [0.1, 0.15) is 17.6 Å². The minimum atomic E-state index is -3.65. The van der Waals surface area contributed by atoms with Crippen molar-refractivity contribution in [3.63, 3.8) is 0 Å². The van der Waals surface area contributed by atoms with E-state index in [-0.39, 0.29) is 11.4 Å². The molecule has 0 aliphatic heterocycles. The molecule has 0 radical (unpaired) electrons. The van der Waals surface area contributed by atoms with Gasteiger partial charge in [-0.2, -0.15) is 5.10 Å². The number of pyridine rings is 1. The summed E-state index contributed by atoms with van der Waals surface area (Å²) in [6.45, 7) is 0.150. The third kappa shape index (κ3) is 3.58. The van der Waals surface area contributed by atoms with E-state index in [4.69, 9.17) is 4.74 Å². The van der Waals surface area contributed by atoms with E-state index < -0.39 is 10.0 Å². The second kappa shape index (κ2) is 6.77. The Bertz CT molecular complexity index is 909. The SMILES string of the molecule is COc1ccc(S(=O)(=O)NCc2cccc(-n3cncn3)c2)cn1. The molecule has 0 saturated carbocycles. The van der Waals surface area contributed by atoms with Crippen LogP contribution < -0.4 is 9.46 Å². The maximum absolute atomic E-state index is 12.3. The molecule has 0 bridgehead atoms. The molecule has 0 spiro atoms. The third-order valence-corrected chi connectivity index (χ3v) is 4.68. The van der Waals surface area contributed by atoms with Crippen molar-refractivity contribution in [2.24, 2.45) is 0 Å². The Labute approximate surface area is 139 Å². The van der Waals surface area contributed by atoms with E-state index in [0.717, 1.165) is 11.3 Å². The van der Waals surface area contributed by atoms with Gasteiger partial charge in [-0.25, -0.2) is 27.8 Å². The quantitative estimate of drug-likeness (QED) is 0.719. The van der Waals surface area contributed by atoms with Crippen molar-refractivity contribution in [3.05, 3.63) is 60.8 Å². The Morgan fingerprint density at radius 2 is 2.12 bits per heavy atom. The number of nitrogens with one attached hydrogen (secondary N) is 1. The molecule has 0 unspecified atom stereocenters. The normalized spacial score (nSPS) is 11.4. The number of methoxy groups -OCH3 is 1. The van der Waals surface area contributed by atoms with Crippen molar-refractivity contribution >= 4 is 10.0 Å². The highest BCUT2D eigenvalue weighted by molar-refractivity contribution is 7.89. The highest BCUT2D eigenvalue weighted by atomic mass is 32.2. The van der Waals surface area contributed by atoms with Gasteiger partial charge in [0.2, 0.25) is 15.9 Å². The van der Waals surface area contributed by atoms with Crippen LogP contribution >= 0.6 is 0 Å². The van der Waals surface area contributed by atoms with Crippen LogP contribution in [0.3, 0.4) is 0 Å².